The first-order chi connectivity index (χ1) is 13.2. The molecule has 5 nitrogen and oxygen atoms in total. The SMILES string of the molecule is CCNC(=NCc1ncc(C)s1)NCCc1ccc(OC2CCCC2)cc1.I. The van der Waals surface area contributed by atoms with E-state index in [0.29, 0.717) is 12.6 Å². The Balaban J connectivity index is 0.00000280. The highest BCUT2D eigenvalue weighted by atomic mass is 127. The van der Waals surface area contributed by atoms with Crippen molar-refractivity contribution in [2.24, 2.45) is 4.99 Å². The van der Waals surface area contributed by atoms with Crippen LogP contribution in [0.3, 0.4) is 0 Å². The number of guanidine groups is 1. The van der Waals surface area contributed by atoms with Gasteiger partial charge in [0.05, 0.1) is 12.6 Å². The van der Waals surface area contributed by atoms with E-state index in [1.54, 1.807) is 11.3 Å². The molecule has 28 heavy (non-hydrogen) atoms. The van der Waals surface area contributed by atoms with Crippen molar-refractivity contribution in [2.75, 3.05) is 13.1 Å². The summed E-state index contributed by atoms with van der Waals surface area (Å²) in [5.74, 6) is 1.83. The van der Waals surface area contributed by atoms with Gasteiger partial charge >= 0.3 is 0 Å². The zero-order chi connectivity index (χ0) is 18.9. The van der Waals surface area contributed by atoms with Crippen LogP contribution in [0.4, 0.5) is 0 Å². The van der Waals surface area contributed by atoms with Crippen molar-refractivity contribution in [1.29, 1.82) is 0 Å². The van der Waals surface area contributed by atoms with Crippen LogP contribution in [0.5, 0.6) is 5.75 Å². The van der Waals surface area contributed by atoms with Gasteiger partial charge in [-0.15, -0.1) is 35.3 Å². The number of aromatic nitrogens is 1. The molecule has 0 aliphatic heterocycles. The zero-order valence-electron chi connectivity index (χ0n) is 16.7. The summed E-state index contributed by atoms with van der Waals surface area (Å²) < 4.78 is 6.03. The molecular weight excluding hydrogens is 483 g/mol. The molecule has 154 valence electrons. The second kappa shape index (κ2) is 12.3. The molecule has 0 atom stereocenters. The van der Waals surface area contributed by atoms with Gasteiger partial charge in [-0.25, -0.2) is 9.98 Å². The van der Waals surface area contributed by atoms with Gasteiger partial charge < -0.3 is 15.4 Å². The number of aryl methyl sites for hydroxylation is 1. The van der Waals surface area contributed by atoms with Gasteiger partial charge in [0, 0.05) is 24.2 Å². The molecule has 2 N–H and O–H groups in total. The minimum Gasteiger partial charge on any atom is -0.490 e. The Labute approximate surface area is 189 Å². The minimum atomic E-state index is 0. The van der Waals surface area contributed by atoms with Crippen LogP contribution in [-0.2, 0) is 13.0 Å². The molecule has 0 saturated heterocycles. The number of nitrogens with one attached hydrogen (secondary N) is 2. The fourth-order valence-electron chi connectivity index (χ4n) is 3.22. The summed E-state index contributed by atoms with van der Waals surface area (Å²) in [6.07, 6.45) is 8.24. The molecule has 1 saturated carbocycles. The summed E-state index contributed by atoms with van der Waals surface area (Å²) in [4.78, 5) is 10.2. The maximum Gasteiger partial charge on any atom is 0.191 e. The van der Waals surface area contributed by atoms with Gasteiger partial charge in [0.25, 0.3) is 0 Å². The highest BCUT2D eigenvalue weighted by molar-refractivity contribution is 14.0. The molecule has 2 aromatic rings. The summed E-state index contributed by atoms with van der Waals surface area (Å²) in [5.41, 5.74) is 1.30. The second-order valence-electron chi connectivity index (χ2n) is 6.90. The van der Waals surface area contributed by atoms with Crippen molar-refractivity contribution in [3.63, 3.8) is 0 Å². The zero-order valence-corrected chi connectivity index (χ0v) is 19.9. The van der Waals surface area contributed by atoms with Crippen LogP contribution in [0.1, 0.15) is 48.1 Å². The Kier molecular flexibility index (Phi) is 10.0. The first-order valence-electron chi connectivity index (χ1n) is 9.92. The average molecular weight is 514 g/mol. The molecule has 1 aromatic heterocycles. The van der Waals surface area contributed by atoms with Crippen LogP contribution < -0.4 is 15.4 Å². The molecule has 0 spiro atoms. The molecule has 0 unspecified atom stereocenters. The normalized spacial score (nSPS) is 14.6. The van der Waals surface area contributed by atoms with Crippen molar-refractivity contribution in [1.82, 2.24) is 15.6 Å². The molecule has 1 aromatic carbocycles. The first-order valence-corrected chi connectivity index (χ1v) is 10.7. The number of hydrogen-bond donors (Lipinski definition) is 2. The predicted octanol–water partition coefficient (Wildman–Crippen LogP) is 4.69. The monoisotopic (exact) mass is 514 g/mol. The number of rotatable bonds is 8. The lowest BCUT2D eigenvalue weighted by Gasteiger charge is -2.14. The van der Waals surface area contributed by atoms with E-state index in [1.165, 1.54) is 36.1 Å². The Bertz CT molecular complexity index is 726. The molecule has 0 radical (unpaired) electrons. The van der Waals surface area contributed by atoms with Gasteiger partial charge in [-0.1, -0.05) is 12.1 Å². The Morgan fingerprint density at radius 1 is 1.21 bits per heavy atom. The number of ether oxygens (including phenoxy) is 1. The third kappa shape index (κ3) is 7.58. The van der Waals surface area contributed by atoms with Gasteiger partial charge in [0.1, 0.15) is 10.8 Å². The Morgan fingerprint density at radius 2 is 1.96 bits per heavy atom. The highest BCUT2D eigenvalue weighted by Crippen LogP contribution is 2.24. The van der Waals surface area contributed by atoms with E-state index >= 15 is 0 Å². The fourth-order valence-corrected chi connectivity index (χ4v) is 3.93. The van der Waals surface area contributed by atoms with Crippen molar-refractivity contribution < 1.29 is 4.74 Å². The topological polar surface area (TPSA) is 58.5 Å². The number of hydrogen-bond acceptors (Lipinski definition) is 4. The Hall–Kier alpha value is -1.35. The summed E-state index contributed by atoms with van der Waals surface area (Å²) in [6, 6.07) is 8.51. The van der Waals surface area contributed by atoms with Gasteiger partial charge in [-0.3, -0.25) is 0 Å². The molecule has 1 heterocycles. The smallest absolute Gasteiger partial charge is 0.191 e. The number of thiazole rings is 1. The van der Waals surface area contributed by atoms with E-state index in [-0.39, 0.29) is 24.0 Å². The highest BCUT2D eigenvalue weighted by Gasteiger charge is 2.16. The quantitative estimate of drug-likeness (QED) is 0.305. The largest absolute Gasteiger partial charge is 0.490 e. The van der Waals surface area contributed by atoms with Gasteiger partial charge in [0.2, 0.25) is 0 Å². The third-order valence-corrected chi connectivity index (χ3v) is 5.52. The van der Waals surface area contributed by atoms with Crippen molar-refractivity contribution in [2.45, 2.75) is 58.6 Å². The maximum absolute atomic E-state index is 6.03. The van der Waals surface area contributed by atoms with E-state index in [1.807, 2.05) is 6.20 Å². The minimum absolute atomic E-state index is 0. The lowest BCUT2D eigenvalue weighted by atomic mass is 10.1. The Morgan fingerprint density at radius 3 is 2.61 bits per heavy atom. The van der Waals surface area contributed by atoms with Crippen LogP contribution in [0.15, 0.2) is 35.5 Å². The van der Waals surface area contributed by atoms with Crippen molar-refractivity contribution >= 4 is 41.3 Å². The van der Waals surface area contributed by atoms with Gasteiger partial charge in [0.15, 0.2) is 5.96 Å². The summed E-state index contributed by atoms with van der Waals surface area (Å²) >= 11 is 1.70. The molecule has 7 heteroatoms. The van der Waals surface area contributed by atoms with Crippen molar-refractivity contribution in [3.05, 3.63) is 45.9 Å². The molecule has 3 rings (SSSR count). The molecule has 1 aliphatic carbocycles. The second-order valence-corrected chi connectivity index (χ2v) is 8.22. The van der Waals surface area contributed by atoms with Crippen LogP contribution in [0, 0.1) is 6.92 Å². The number of nitrogens with zero attached hydrogens (tertiary/aromatic N) is 2. The van der Waals surface area contributed by atoms with Crippen LogP contribution in [0.2, 0.25) is 0 Å². The van der Waals surface area contributed by atoms with E-state index in [4.69, 9.17) is 4.74 Å². The number of aliphatic imine (C=N–C) groups is 1. The van der Waals surface area contributed by atoms with Gasteiger partial charge in [-0.05, 0) is 63.6 Å². The number of benzene rings is 1. The lowest BCUT2D eigenvalue weighted by Crippen LogP contribution is -2.38. The molecule has 1 fully saturated rings. The van der Waals surface area contributed by atoms with Crippen LogP contribution in [-0.4, -0.2) is 30.1 Å². The summed E-state index contributed by atoms with van der Waals surface area (Å²) in [7, 11) is 0. The average Bonchev–Trinajstić information content (AvgIpc) is 3.33. The maximum atomic E-state index is 6.03. The van der Waals surface area contributed by atoms with E-state index in [2.05, 4.69) is 58.7 Å². The van der Waals surface area contributed by atoms with E-state index in [9.17, 15) is 0 Å². The van der Waals surface area contributed by atoms with Gasteiger partial charge in [-0.2, -0.15) is 0 Å². The number of halogens is 1. The molecular formula is C21H31IN4OS. The first kappa shape index (κ1) is 22.9. The van der Waals surface area contributed by atoms with Crippen LogP contribution >= 0.6 is 35.3 Å². The fraction of sp³-hybridized carbons (Fsp3) is 0.524. The summed E-state index contributed by atoms with van der Waals surface area (Å²) in [6.45, 7) is 6.44. The lowest BCUT2D eigenvalue weighted by molar-refractivity contribution is 0.210. The predicted molar refractivity (Wildman–Crippen MR) is 128 cm³/mol. The molecule has 0 amide bonds. The van der Waals surface area contributed by atoms with E-state index < -0.39 is 0 Å². The molecule has 0 bridgehead atoms. The molecule has 1 aliphatic rings. The van der Waals surface area contributed by atoms with Crippen molar-refractivity contribution in [3.8, 4) is 5.75 Å². The van der Waals surface area contributed by atoms with Crippen LogP contribution in [0.25, 0.3) is 0 Å². The standard InChI is InChI=1S/C21H30N4OS.HI/c1-3-22-21(25-15-20-24-14-16(2)27-20)23-13-12-17-8-10-19(11-9-17)26-18-6-4-5-7-18;/h8-11,14,18H,3-7,12-13,15H2,1-2H3,(H2,22,23,25);1H. The third-order valence-electron chi connectivity index (χ3n) is 4.62. The van der Waals surface area contributed by atoms with E-state index in [0.717, 1.165) is 36.2 Å². The summed E-state index contributed by atoms with van der Waals surface area (Å²) in [5, 5.41) is 7.74.